The number of hydrogen-bond donors (Lipinski definition) is 1. The Morgan fingerprint density at radius 2 is 2.18 bits per heavy atom. The third-order valence-corrected chi connectivity index (χ3v) is 3.68. The van der Waals surface area contributed by atoms with Gasteiger partial charge in [0.05, 0.1) is 12.1 Å². The Balaban J connectivity index is 2.09. The van der Waals surface area contributed by atoms with Crippen molar-refractivity contribution in [1.29, 1.82) is 0 Å². The SMILES string of the molecule is CCc1cc(CC(=O)C2(O)CCCC2)n(C)n1. The van der Waals surface area contributed by atoms with Crippen molar-refractivity contribution in [3.05, 3.63) is 17.5 Å². The molecule has 0 spiro atoms. The van der Waals surface area contributed by atoms with Gasteiger partial charge >= 0.3 is 0 Å². The molecule has 0 saturated heterocycles. The molecule has 4 heteroatoms. The molecule has 1 aliphatic carbocycles. The van der Waals surface area contributed by atoms with Crippen LogP contribution < -0.4 is 0 Å². The van der Waals surface area contributed by atoms with Gasteiger partial charge in [-0.15, -0.1) is 0 Å². The van der Waals surface area contributed by atoms with E-state index in [1.165, 1.54) is 0 Å². The van der Waals surface area contributed by atoms with Gasteiger partial charge in [0.25, 0.3) is 0 Å². The maximum Gasteiger partial charge on any atom is 0.170 e. The second-order valence-electron chi connectivity index (χ2n) is 4.94. The molecular formula is C13H20N2O2. The molecule has 2 rings (SSSR count). The molecule has 1 N–H and O–H groups in total. The number of carbonyl (C=O) groups is 1. The summed E-state index contributed by atoms with van der Waals surface area (Å²) < 4.78 is 1.75. The first-order valence-electron chi connectivity index (χ1n) is 6.32. The lowest BCUT2D eigenvalue weighted by atomic mass is 9.93. The van der Waals surface area contributed by atoms with Crippen LogP contribution in [0, 0.1) is 0 Å². The zero-order valence-electron chi connectivity index (χ0n) is 10.6. The minimum Gasteiger partial charge on any atom is -0.382 e. The summed E-state index contributed by atoms with van der Waals surface area (Å²) in [5, 5.41) is 14.5. The molecule has 1 aromatic heterocycles. The van der Waals surface area contributed by atoms with Crippen molar-refractivity contribution >= 4 is 5.78 Å². The number of nitrogens with zero attached hydrogens (tertiary/aromatic N) is 2. The molecule has 1 saturated carbocycles. The van der Waals surface area contributed by atoms with E-state index < -0.39 is 5.60 Å². The summed E-state index contributed by atoms with van der Waals surface area (Å²) in [7, 11) is 1.85. The van der Waals surface area contributed by atoms with Crippen LogP contribution in [0.2, 0.25) is 0 Å². The van der Waals surface area contributed by atoms with Crippen LogP contribution in [0.15, 0.2) is 6.07 Å². The first-order valence-corrected chi connectivity index (χ1v) is 6.32. The van der Waals surface area contributed by atoms with Crippen molar-refractivity contribution in [3.63, 3.8) is 0 Å². The van der Waals surface area contributed by atoms with Gasteiger partial charge in [-0.25, -0.2) is 0 Å². The molecule has 1 fully saturated rings. The highest BCUT2D eigenvalue weighted by atomic mass is 16.3. The monoisotopic (exact) mass is 236 g/mol. The fourth-order valence-corrected chi connectivity index (χ4v) is 2.48. The van der Waals surface area contributed by atoms with E-state index in [2.05, 4.69) is 5.10 Å². The van der Waals surface area contributed by atoms with Crippen molar-refractivity contribution in [2.45, 2.75) is 51.0 Å². The fraction of sp³-hybridized carbons (Fsp3) is 0.692. The zero-order valence-corrected chi connectivity index (χ0v) is 10.6. The van der Waals surface area contributed by atoms with Crippen LogP contribution in [-0.4, -0.2) is 26.3 Å². The predicted molar refractivity (Wildman–Crippen MR) is 64.7 cm³/mol. The first kappa shape index (κ1) is 12.3. The van der Waals surface area contributed by atoms with Crippen LogP contribution in [0.1, 0.15) is 44.0 Å². The van der Waals surface area contributed by atoms with Crippen molar-refractivity contribution in [2.24, 2.45) is 7.05 Å². The van der Waals surface area contributed by atoms with Crippen LogP contribution >= 0.6 is 0 Å². The van der Waals surface area contributed by atoms with Crippen molar-refractivity contribution < 1.29 is 9.90 Å². The average Bonchev–Trinajstić information content (AvgIpc) is 2.87. The number of aryl methyl sites for hydroxylation is 2. The normalized spacial score (nSPS) is 18.5. The van der Waals surface area contributed by atoms with E-state index in [0.717, 1.165) is 30.7 Å². The quantitative estimate of drug-likeness (QED) is 0.859. The average molecular weight is 236 g/mol. The molecule has 1 aromatic rings. The highest BCUT2D eigenvalue weighted by Crippen LogP contribution is 2.31. The fourth-order valence-electron chi connectivity index (χ4n) is 2.48. The highest BCUT2D eigenvalue weighted by Gasteiger charge is 2.38. The summed E-state index contributed by atoms with van der Waals surface area (Å²) in [5.41, 5.74) is 0.817. The van der Waals surface area contributed by atoms with Gasteiger partial charge in [-0.3, -0.25) is 9.48 Å². The van der Waals surface area contributed by atoms with Crippen LogP contribution in [0.3, 0.4) is 0 Å². The minimum absolute atomic E-state index is 0.0550. The molecule has 0 atom stereocenters. The maximum atomic E-state index is 12.1. The molecular weight excluding hydrogens is 216 g/mol. The van der Waals surface area contributed by atoms with Gasteiger partial charge < -0.3 is 5.11 Å². The summed E-state index contributed by atoms with van der Waals surface area (Å²) in [6.45, 7) is 2.04. The van der Waals surface area contributed by atoms with Gasteiger partial charge in [-0.05, 0) is 38.2 Å². The maximum absolute atomic E-state index is 12.1. The number of ketones is 1. The molecule has 0 radical (unpaired) electrons. The Morgan fingerprint density at radius 1 is 1.53 bits per heavy atom. The second kappa shape index (κ2) is 4.61. The van der Waals surface area contributed by atoms with Crippen molar-refractivity contribution in [2.75, 3.05) is 0 Å². The van der Waals surface area contributed by atoms with Crippen molar-refractivity contribution in [3.8, 4) is 0 Å². The van der Waals surface area contributed by atoms with Crippen LogP contribution in [0.25, 0.3) is 0 Å². The lowest BCUT2D eigenvalue weighted by Crippen LogP contribution is -2.36. The lowest BCUT2D eigenvalue weighted by molar-refractivity contribution is -0.136. The molecule has 17 heavy (non-hydrogen) atoms. The van der Waals surface area contributed by atoms with Gasteiger partial charge in [-0.1, -0.05) is 6.92 Å². The van der Waals surface area contributed by atoms with Gasteiger partial charge in [0.2, 0.25) is 0 Å². The van der Waals surface area contributed by atoms with E-state index in [4.69, 9.17) is 0 Å². The van der Waals surface area contributed by atoms with Crippen molar-refractivity contribution in [1.82, 2.24) is 9.78 Å². The number of carbonyl (C=O) groups excluding carboxylic acids is 1. The van der Waals surface area contributed by atoms with Gasteiger partial charge in [0, 0.05) is 12.7 Å². The molecule has 0 amide bonds. The largest absolute Gasteiger partial charge is 0.382 e. The third-order valence-electron chi connectivity index (χ3n) is 3.68. The lowest BCUT2D eigenvalue weighted by Gasteiger charge is -2.20. The van der Waals surface area contributed by atoms with E-state index in [-0.39, 0.29) is 5.78 Å². The molecule has 94 valence electrons. The van der Waals surface area contributed by atoms with Gasteiger partial charge in [0.1, 0.15) is 5.60 Å². The molecule has 4 nitrogen and oxygen atoms in total. The van der Waals surface area contributed by atoms with E-state index in [9.17, 15) is 9.90 Å². The Hall–Kier alpha value is -1.16. The molecule has 0 bridgehead atoms. The highest BCUT2D eigenvalue weighted by molar-refractivity contribution is 5.88. The molecule has 0 aliphatic heterocycles. The standard InChI is InChI=1S/C13H20N2O2/c1-3-10-8-11(15(2)14-10)9-12(16)13(17)6-4-5-7-13/h8,17H,3-7,9H2,1-2H3. The Kier molecular flexibility index (Phi) is 3.33. The Bertz CT molecular complexity index is 417. The number of aromatic nitrogens is 2. The minimum atomic E-state index is -1.07. The van der Waals surface area contributed by atoms with Crippen LogP contribution in [-0.2, 0) is 24.7 Å². The van der Waals surface area contributed by atoms with E-state index in [1.807, 2.05) is 20.0 Å². The number of aliphatic hydroxyl groups is 1. The summed E-state index contributed by atoms with van der Waals surface area (Å²) in [6, 6.07) is 1.95. The Labute approximate surface area is 102 Å². The zero-order chi connectivity index (χ0) is 12.5. The number of rotatable bonds is 4. The molecule has 0 aromatic carbocycles. The van der Waals surface area contributed by atoms with E-state index in [0.29, 0.717) is 19.3 Å². The summed E-state index contributed by atoms with van der Waals surface area (Å²) >= 11 is 0. The third kappa shape index (κ3) is 2.41. The summed E-state index contributed by atoms with van der Waals surface area (Å²) in [4.78, 5) is 12.1. The Morgan fingerprint density at radius 3 is 2.71 bits per heavy atom. The molecule has 1 aliphatic rings. The molecule has 0 unspecified atom stereocenters. The first-order chi connectivity index (χ1) is 8.05. The van der Waals surface area contributed by atoms with Gasteiger partial charge in [-0.2, -0.15) is 5.10 Å². The topological polar surface area (TPSA) is 55.1 Å². The van der Waals surface area contributed by atoms with E-state index >= 15 is 0 Å². The second-order valence-corrected chi connectivity index (χ2v) is 4.94. The van der Waals surface area contributed by atoms with Crippen LogP contribution in [0.4, 0.5) is 0 Å². The van der Waals surface area contributed by atoms with E-state index in [1.54, 1.807) is 4.68 Å². The predicted octanol–water partition coefficient (Wildman–Crippen LogP) is 1.40. The number of Topliss-reactive ketones (excluding diaryl/α,β-unsaturated/α-hetero) is 1. The summed E-state index contributed by atoms with van der Waals surface area (Å²) in [6.07, 6.45) is 4.29. The van der Waals surface area contributed by atoms with Crippen LogP contribution in [0.5, 0.6) is 0 Å². The summed E-state index contributed by atoms with van der Waals surface area (Å²) in [5.74, 6) is -0.0550. The smallest absolute Gasteiger partial charge is 0.170 e. The number of hydrogen-bond acceptors (Lipinski definition) is 3. The molecule has 1 heterocycles. The van der Waals surface area contributed by atoms with Gasteiger partial charge in [0.15, 0.2) is 5.78 Å².